The fraction of sp³-hybridized carbons (Fsp3) is 0.111. The van der Waals surface area contributed by atoms with E-state index in [4.69, 9.17) is 0 Å². The average Bonchev–Trinajstić information content (AvgIpc) is 3.11. The van der Waals surface area contributed by atoms with Crippen molar-refractivity contribution in [3.05, 3.63) is 91.0 Å². The fourth-order valence-electron chi connectivity index (χ4n) is 3.92. The number of hydrogen-bond donors (Lipinski definition) is 0. The van der Waals surface area contributed by atoms with Gasteiger partial charge in [0.05, 0.1) is 8.07 Å². The molecule has 0 fully saturated rings. The predicted octanol–water partition coefficient (Wildman–Crippen LogP) is 7.93. The molecule has 5 aromatic rings. The van der Waals surface area contributed by atoms with Crippen LogP contribution in [0.2, 0.25) is 19.6 Å². The molecule has 142 valence electrons. The summed E-state index contributed by atoms with van der Waals surface area (Å²) in [6.07, 6.45) is 0. The van der Waals surface area contributed by atoms with Crippen LogP contribution in [-0.4, -0.2) is 8.07 Å². The van der Waals surface area contributed by atoms with Crippen molar-refractivity contribution in [1.82, 2.24) is 0 Å². The zero-order valence-corrected chi connectivity index (χ0v) is 18.9. The fourth-order valence-corrected chi connectivity index (χ4v) is 6.18. The van der Waals surface area contributed by atoms with Crippen molar-refractivity contribution >= 4 is 44.8 Å². The van der Waals surface area contributed by atoms with Gasteiger partial charge in [0.1, 0.15) is 0 Å². The lowest BCUT2D eigenvalue weighted by atomic mass is 9.99. The van der Waals surface area contributed by atoms with Gasteiger partial charge in [-0.15, -0.1) is 11.3 Å². The molecule has 0 nitrogen and oxygen atoms in total. The van der Waals surface area contributed by atoms with E-state index in [9.17, 15) is 0 Å². The van der Waals surface area contributed by atoms with Crippen LogP contribution in [0, 0.1) is 0 Å². The topological polar surface area (TPSA) is 0 Å². The third-order valence-electron chi connectivity index (χ3n) is 5.68. The van der Waals surface area contributed by atoms with Crippen LogP contribution in [0.1, 0.15) is 0 Å². The second-order valence-corrected chi connectivity index (χ2v) is 14.9. The smallest absolute Gasteiger partial charge is 0.0775 e. The van der Waals surface area contributed by atoms with Crippen LogP contribution in [-0.2, 0) is 0 Å². The Bertz CT molecular complexity index is 1300. The summed E-state index contributed by atoms with van der Waals surface area (Å²) in [7, 11) is -1.25. The minimum Gasteiger partial charge on any atom is -0.135 e. The van der Waals surface area contributed by atoms with Crippen molar-refractivity contribution in [1.29, 1.82) is 0 Å². The highest BCUT2D eigenvalue weighted by molar-refractivity contribution is 7.25. The molecule has 0 aliphatic rings. The van der Waals surface area contributed by atoms with Gasteiger partial charge in [0.15, 0.2) is 0 Å². The van der Waals surface area contributed by atoms with Crippen LogP contribution in [0.3, 0.4) is 0 Å². The molecule has 0 saturated heterocycles. The minimum absolute atomic E-state index is 1.25. The van der Waals surface area contributed by atoms with Crippen LogP contribution in [0.15, 0.2) is 91.0 Å². The van der Waals surface area contributed by atoms with Gasteiger partial charge in [-0.1, -0.05) is 97.6 Å². The number of rotatable bonds is 3. The van der Waals surface area contributed by atoms with Gasteiger partial charge < -0.3 is 0 Å². The number of thiophene rings is 1. The van der Waals surface area contributed by atoms with E-state index in [1.54, 1.807) is 0 Å². The van der Waals surface area contributed by atoms with E-state index in [1.807, 2.05) is 11.3 Å². The largest absolute Gasteiger partial charge is 0.135 e. The first-order valence-corrected chi connectivity index (χ1v) is 14.4. The molecule has 0 unspecified atom stereocenters. The van der Waals surface area contributed by atoms with Gasteiger partial charge in [0, 0.05) is 20.2 Å². The Morgan fingerprint density at radius 2 is 1.03 bits per heavy atom. The second-order valence-electron chi connectivity index (χ2n) is 8.71. The van der Waals surface area contributed by atoms with Gasteiger partial charge >= 0.3 is 0 Å². The Balaban J connectivity index is 1.49. The number of hydrogen-bond acceptors (Lipinski definition) is 1. The van der Waals surface area contributed by atoms with E-state index in [1.165, 1.54) is 47.6 Å². The van der Waals surface area contributed by atoms with Gasteiger partial charge in [-0.25, -0.2) is 0 Å². The molecule has 5 rings (SSSR count). The third-order valence-corrected chi connectivity index (χ3v) is 8.90. The van der Waals surface area contributed by atoms with Crippen LogP contribution >= 0.6 is 11.3 Å². The molecule has 0 aliphatic heterocycles. The second kappa shape index (κ2) is 6.98. The third kappa shape index (κ3) is 3.43. The number of fused-ring (bicyclic) bond motifs is 3. The highest BCUT2D eigenvalue weighted by Gasteiger charge is 2.15. The lowest BCUT2D eigenvalue weighted by Crippen LogP contribution is -2.37. The summed E-state index contributed by atoms with van der Waals surface area (Å²) in [5, 5.41) is 4.22. The Morgan fingerprint density at radius 3 is 1.69 bits per heavy atom. The van der Waals surface area contributed by atoms with E-state index in [0.717, 1.165) is 0 Å². The van der Waals surface area contributed by atoms with Crippen LogP contribution in [0.25, 0.3) is 42.4 Å². The van der Waals surface area contributed by atoms with Crippen molar-refractivity contribution in [3.8, 4) is 22.3 Å². The molecule has 29 heavy (non-hydrogen) atoms. The van der Waals surface area contributed by atoms with E-state index in [2.05, 4.69) is 111 Å². The molecule has 0 atom stereocenters. The van der Waals surface area contributed by atoms with Crippen LogP contribution in [0.4, 0.5) is 0 Å². The molecular weight excluding hydrogens is 384 g/mol. The summed E-state index contributed by atoms with van der Waals surface area (Å²) in [6, 6.07) is 33.7. The lowest BCUT2D eigenvalue weighted by molar-refractivity contribution is 1.60. The first kappa shape index (κ1) is 18.4. The molecule has 0 spiro atoms. The summed E-state index contributed by atoms with van der Waals surface area (Å²) >= 11 is 1.87. The summed E-state index contributed by atoms with van der Waals surface area (Å²) in [5.74, 6) is 0. The molecule has 0 bridgehead atoms. The van der Waals surface area contributed by atoms with Gasteiger partial charge in [0.2, 0.25) is 0 Å². The first-order chi connectivity index (χ1) is 14.0. The quantitative estimate of drug-likeness (QED) is 0.266. The monoisotopic (exact) mass is 408 g/mol. The van der Waals surface area contributed by atoms with Crippen molar-refractivity contribution in [3.63, 3.8) is 0 Å². The summed E-state index contributed by atoms with van der Waals surface area (Å²) in [4.78, 5) is 0. The van der Waals surface area contributed by atoms with Gasteiger partial charge in [-0.05, 0) is 40.5 Å². The summed E-state index contributed by atoms with van der Waals surface area (Å²) < 4.78 is 2.71. The van der Waals surface area contributed by atoms with Crippen molar-refractivity contribution in [2.75, 3.05) is 0 Å². The zero-order valence-electron chi connectivity index (χ0n) is 17.1. The van der Waals surface area contributed by atoms with E-state index in [-0.39, 0.29) is 0 Å². The first-order valence-electron chi connectivity index (χ1n) is 10.1. The molecular formula is C27H24SSi. The van der Waals surface area contributed by atoms with Crippen LogP contribution in [0.5, 0.6) is 0 Å². The Morgan fingerprint density at radius 1 is 0.517 bits per heavy atom. The average molecular weight is 409 g/mol. The maximum absolute atomic E-state index is 2.39. The number of benzene rings is 4. The zero-order chi connectivity index (χ0) is 20.0. The Labute approximate surface area is 177 Å². The minimum atomic E-state index is -1.25. The molecule has 0 saturated carbocycles. The van der Waals surface area contributed by atoms with Gasteiger partial charge in [0.25, 0.3) is 0 Å². The lowest BCUT2D eigenvalue weighted by Gasteiger charge is -2.16. The SMILES string of the molecule is C[Si](C)(C)c1ccc(-c2ccc(-c3ccc4sc5ccccc5c4c3)cc2)cc1. The summed E-state index contributed by atoms with van der Waals surface area (Å²) in [5.41, 5.74) is 5.11. The highest BCUT2D eigenvalue weighted by Crippen LogP contribution is 2.36. The molecule has 1 heterocycles. The van der Waals surface area contributed by atoms with Gasteiger partial charge in [-0.2, -0.15) is 0 Å². The molecule has 2 heteroatoms. The Kier molecular flexibility index (Phi) is 4.42. The standard InChI is InChI=1S/C27H24SSi/c1-29(2,3)23-15-12-20(13-16-23)19-8-10-21(11-9-19)22-14-17-27-25(18-22)24-6-4-5-7-26(24)28-27/h4-18H,1-3H3. The molecule has 0 aliphatic carbocycles. The molecule has 0 amide bonds. The molecule has 4 aromatic carbocycles. The normalized spacial score (nSPS) is 12.0. The van der Waals surface area contributed by atoms with Crippen molar-refractivity contribution in [2.24, 2.45) is 0 Å². The predicted molar refractivity (Wildman–Crippen MR) is 133 cm³/mol. The van der Waals surface area contributed by atoms with Crippen molar-refractivity contribution < 1.29 is 0 Å². The summed E-state index contributed by atoms with van der Waals surface area (Å²) in [6.45, 7) is 7.18. The molecule has 0 radical (unpaired) electrons. The van der Waals surface area contributed by atoms with E-state index >= 15 is 0 Å². The van der Waals surface area contributed by atoms with Crippen LogP contribution < -0.4 is 5.19 Å². The maximum atomic E-state index is 2.39. The molecule has 0 N–H and O–H groups in total. The van der Waals surface area contributed by atoms with Gasteiger partial charge in [-0.3, -0.25) is 0 Å². The van der Waals surface area contributed by atoms with E-state index < -0.39 is 8.07 Å². The van der Waals surface area contributed by atoms with Crippen molar-refractivity contribution in [2.45, 2.75) is 19.6 Å². The Hall–Kier alpha value is -2.68. The van der Waals surface area contributed by atoms with E-state index in [0.29, 0.717) is 0 Å². The maximum Gasteiger partial charge on any atom is 0.0775 e. The highest BCUT2D eigenvalue weighted by atomic mass is 32.1. The molecule has 1 aromatic heterocycles.